The molecule has 1 aromatic carbocycles. The summed E-state index contributed by atoms with van der Waals surface area (Å²) in [5, 5.41) is 0. The molecule has 114 valence electrons. The Morgan fingerprint density at radius 3 is 2.52 bits per heavy atom. The highest BCUT2D eigenvalue weighted by atomic mass is 19.1. The first-order valence-corrected chi connectivity index (χ1v) is 7.97. The molecule has 1 nitrogen and oxygen atoms in total. The third kappa shape index (κ3) is 4.04. The predicted molar refractivity (Wildman–Crippen MR) is 86.0 cm³/mol. The summed E-state index contributed by atoms with van der Waals surface area (Å²) < 4.78 is 20.5. The SMILES string of the molecule is CCCCCC1(OCC)C=CC(c2ccccc2)C(F)=C1. The van der Waals surface area contributed by atoms with Crippen LogP contribution in [0, 0.1) is 0 Å². The van der Waals surface area contributed by atoms with Crippen molar-refractivity contribution in [3.63, 3.8) is 0 Å². The Bertz CT molecular complexity index is 492. The molecule has 21 heavy (non-hydrogen) atoms. The standard InChI is InChI=1S/C19H25FO/c1-3-5-9-13-19(21-4-2)14-12-17(18(20)15-19)16-10-7-6-8-11-16/h6-8,10-12,14-15,17H,3-5,9,13H2,1-2H3. The van der Waals surface area contributed by atoms with Gasteiger partial charge in [0, 0.05) is 6.61 Å². The lowest BCUT2D eigenvalue weighted by atomic mass is 9.84. The number of ether oxygens (including phenoxy) is 1. The van der Waals surface area contributed by atoms with Crippen LogP contribution in [-0.2, 0) is 4.74 Å². The van der Waals surface area contributed by atoms with E-state index in [1.807, 2.05) is 49.4 Å². The molecule has 0 heterocycles. The molecule has 0 N–H and O–H groups in total. The van der Waals surface area contributed by atoms with Crippen LogP contribution >= 0.6 is 0 Å². The van der Waals surface area contributed by atoms with Crippen molar-refractivity contribution in [3.05, 3.63) is 60.0 Å². The van der Waals surface area contributed by atoms with E-state index in [0.717, 1.165) is 31.2 Å². The molecular weight excluding hydrogens is 263 g/mol. The van der Waals surface area contributed by atoms with Crippen molar-refractivity contribution in [1.82, 2.24) is 0 Å². The van der Waals surface area contributed by atoms with Gasteiger partial charge in [-0.15, -0.1) is 0 Å². The lowest BCUT2D eigenvalue weighted by Crippen LogP contribution is -2.31. The van der Waals surface area contributed by atoms with Gasteiger partial charge in [0.25, 0.3) is 0 Å². The first-order valence-electron chi connectivity index (χ1n) is 7.97. The maximum Gasteiger partial charge on any atom is 0.110 e. The van der Waals surface area contributed by atoms with E-state index in [1.165, 1.54) is 0 Å². The summed E-state index contributed by atoms with van der Waals surface area (Å²) in [5.74, 6) is -0.375. The summed E-state index contributed by atoms with van der Waals surface area (Å²) in [7, 11) is 0. The highest BCUT2D eigenvalue weighted by molar-refractivity contribution is 5.38. The molecule has 0 spiro atoms. The average Bonchev–Trinajstić information content (AvgIpc) is 2.49. The van der Waals surface area contributed by atoms with E-state index in [4.69, 9.17) is 4.74 Å². The molecule has 2 rings (SSSR count). The zero-order chi connectivity index (χ0) is 15.1. The first-order chi connectivity index (χ1) is 10.2. The Morgan fingerprint density at radius 1 is 1.14 bits per heavy atom. The van der Waals surface area contributed by atoms with E-state index < -0.39 is 5.60 Å². The van der Waals surface area contributed by atoms with E-state index in [9.17, 15) is 4.39 Å². The van der Waals surface area contributed by atoms with Gasteiger partial charge < -0.3 is 4.74 Å². The Kier molecular flexibility index (Phi) is 5.75. The molecule has 0 aliphatic heterocycles. The quantitative estimate of drug-likeness (QED) is 0.472. The summed E-state index contributed by atoms with van der Waals surface area (Å²) in [4.78, 5) is 0. The van der Waals surface area contributed by atoms with Crippen molar-refractivity contribution in [2.45, 2.75) is 51.0 Å². The second-order valence-electron chi connectivity index (χ2n) is 5.62. The fourth-order valence-electron chi connectivity index (χ4n) is 2.89. The number of allylic oxidation sites excluding steroid dienone is 2. The van der Waals surface area contributed by atoms with Crippen molar-refractivity contribution in [1.29, 1.82) is 0 Å². The monoisotopic (exact) mass is 288 g/mol. The molecule has 1 aromatic rings. The second kappa shape index (κ2) is 7.56. The van der Waals surface area contributed by atoms with Crippen LogP contribution in [0.4, 0.5) is 4.39 Å². The molecule has 2 atom stereocenters. The number of benzene rings is 1. The van der Waals surface area contributed by atoms with Gasteiger partial charge in [-0.05, 0) is 31.4 Å². The van der Waals surface area contributed by atoms with Gasteiger partial charge in [-0.1, -0.05) is 62.2 Å². The highest BCUT2D eigenvalue weighted by Crippen LogP contribution is 2.37. The lowest BCUT2D eigenvalue weighted by molar-refractivity contribution is 0.0250. The number of rotatable bonds is 7. The number of unbranched alkanes of at least 4 members (excludes halogenated alkanes) is 2. The van der Waals surface area contributed by atoms with E-state index >= 15 is 0 Å². The highest BCUT2D eigenvalue weighted by Gasteiger charge is 2.31. The van der Waals surface area contributed by atoms with Crippen LogP contribution in [-0.4, -0.2) is 12.2 Å². The van der Waals surface area contributed by atoms with Gasteiger partial charge >= 0.3 is 0 Å². The molecule has 0 saturated heterocycles. The van der Waals surface area contributed by atoms with Gasteiger partial charge in [-0.25, -0.2) is 4.39 Å². The van der Waals surface area contributed by atoms with Crippen LogP contribution in [0.3, 0.4) is 0 Å². The topological polar surface area (TPSA) is 9.23 Å². The van der Waals surface area contributed by atoms with Gasteiger partial charge in [-0.3, -0.25) is 0 Å². The summed E-state index contributed by atoms with van der Waals surface area (Å²) in [6.45, 7) is 4.73. The van der Waals surface area contributed by atoms with Crippen LogP contribution < -0.4 is 0 Å². The van der Waals surface area contributed by atoms with E-state index in [-0.39, 0.29) is 11.7 Å². The average molecular weight is 288 g/mol. The predicted octanol–water partition coefficient (Wildman–Crippen LogP) is 5.55. The molecule has 0 fully saturated rings. The number of hydrogen-bond donors (Lipinski definition) is 0. The third-order valence-electron chi connectivity index (χ3n) is 3.99. The van der Waals surface area contributed by atoms with Crippen molar-refractivity contribution in [3.8, 4) is 0 Å². The molecule has 2 unspecified atom stereocenters. The molecule has 0 amide bonds. The molecule has 1 aliphatic rings. The van der Waals surface area contributed by atoms with Gasteiger partial charge in [0.15, 0.2) is 0 Å². The van der Waals surface area contributed by atoms with Crippen LogP contribution in [0.1, 0.15) is 51.0 Å². The Morgan fingerprint density at radius 2 is 1.90 bits per heavy atom. The minimum Gasteiger partial charge on any atom is -0.367 e. The molecule has 0 radical (unpaired) electrons. The Balaban J connectivity index is 2.16. The maximum absolute atomic E-state index is 14.6. The minimum absolute atomic E-state index is 0.103. The molecule has 1 aliphatic carbocycles. The van der Waals surface area contributed by atoms with Crippen molar-refractivity contribution in [2.75, 3.05) is 6.61 Å². The second-order valence-corrected chi connectivity index (χ2v) is 5.62. The van der Waals surface area contributed by atoms with E-state index in [1.54, 1.807) is 6.08 Å². The zero-order valence-electron chi connectivity index (χ0n) is 13.0. The van der Waals surface area contributed by atoms with E-state index in [2.05, 4.69) is 6.92 Å². The fourth-order valence-corrected chi connectivity index (χ4v) is 2.89. The van der Waals surface area contributed by atoms with Crippen LogP contribution in [0.2, 0.25) is 0 Å². The maximum atomic E-state index is 14.6. The molecule has 2 heteroatoms. The largest absolute Gasteiger partial charge is 0.367 e. The summed E-state index contributed by atoms with van der Waals surface area (Å²) in [5.41, 5.74) is 0.431. The van der Waals surface area contributed by atoms with Crippen molar-refractivity contribution in [2.24, 2.45) is 0 Å². The molecule has 0 saturated carbocycles. The molecule has 0 aromatic heterocycles. The van der Waals surface area contributed by atoms with Gasteiger partial charge in [-0.2, -0.15) is 0 Å². The van der Waals surface area contributed by atoms with E-state index in [0.29, 0.717) is 6.61 Å². The lowest BCUT2D eigenvalue weighted by Gasteiger charge is -2.32. The number of halogens is 1. The van der Waals surface area contributed by atoms with Crippen molar-refractivity contribution < 1.29 is 9.13 Å². The smallest absolute Gasteiger partial charge is 0.110 e. The number of hydrogen-bond acceptors (Lipinski definition) is 1. The summed E-state index contributed by atoms with van der Waals surface area (Å²) in [6, 6.07) is 9.78. The zero-order valence-corrected chi connectivity index (χ0v) is 13.0. The normalized spacial score (nSPS) is 24.9. The van der Waals surface area contributed by atoms with Gasteiger partial charge in [0.1, 0.15) is 11.4 Å². The van der Waals surface area contributed by atoms with Gasteiger partial charge in [0.05, 0.1) is 5.92 Å². The fraction of sp³-hybridized carbons (Fsp3) is 0.474. The van der Waals surface area contributed by atoms with Crippen molar-refractivity contribution >= 4 is 0 Å². The summed E-state index contributed by atoms with van der Waals surface area (Å²) >= 11 is 0. The molecule has 0 bridgehead atoms. The van der Waals surface area contributed by atoms with Crippen LogP contribution in [0.15, 0.2) is 54.4 Å². The van der Waals surface area contributed by atoms with Crippen LogP contribution in [0.25, 0.3) is 0 Å². The summed E-state index contributed by atoms with van der Waals surface area (Å²) in [6.07, 6.45) is 9.90. The Labute approximate surface area is 127 Å². The minimum atomic E-state index is -0.556. The van der Waals surface area contributed by atoms with Gasteiger partial charge in [0.2, 0.25) is 0 Å². The van der Waals surface area contributed by atoms with Crippen LogP contribution in [0.5, 0.6) is 0 Å². The third-order valence-corrected chi connectivity index (χ3v) is 3.99. The Hall–Kier alpha value is -1.41. The molecular formula is C19H25FO. The first kappa shape index (κ1) is 16.0.